The highest BCUT2D eigenvalue weighted by Gasteiger charge is 2.50. The monoisotopic (exact) mass is 492 g/mol. The number of benzene rings is 3. The van der Waals surface area contributed by atoms with Crippen LogP contribution in [0.3, 0.4) is 0 Å². The summed E-state index contributed by atoms with van der Waals surface area (Å²) in [7, 11) is -5.02. The van der Waals surface area contributed by atoms with E-state index in [4.69, 9.17) is 46.4 Å². The number of aromatic hydroxyl groups is 2. The maximum Gasteiger partial charge on any atom is 0.283 e. The SMILES string of the molecule is O=S(=O)(O)C(c1ccc(Cl)cc1)(c1cc(Cl)cc(Cl)c1)c1ccc(O)c(O)c1Cl. The second kappa shape index (κ2) is 7.87. The lowest BCUT2D eigenvalue weighted by atomic mass is 9.83. The van der Waals surface area contributed by atoms with Crippen LogP contribution in [0, 0.1) is 0 Å². The number of phenols is 2. The Kier molecular flexibility index (Phi) is 5.98. The van der Waals surface area contributed by atoms with E-state index in [2.05, 4.69) is 0 Å². The lowest BCUT2D eigenvalue weighted by molar-refractivity contribution is 0.402. The molecule has 0 radical (unpaired) electrons. The van der Waals surface area contributed by atoms with Crippen LogP contribution in [0.1, 0.15) is 16.7 Å². The zero-order valence-electron chi connectivity index (χ0n) is 14.3. The zero-order valence-corrected chi connectivity index (χ0v) is 18.1. The highest BCUT2D eigenvalue weighted by Crippen LogP contribution is 2.50. The third-order valence-corrected chi connectivity index (χ3v) is 6.92. The summed E-state index contributed by atoms with van der Waals surface area (Å²) in [6.07, 6.45) is 0. The third-order valence-electron chi connectivity index (χ3n) is 4.38. The molecule has 29 heavy (non-hydrogen) atoms. The molecule has 0 aliphatic rings. The van der Waals surface area contributed by atoms with E-state index in [9.17, 15) is 23.2 Å². The Balaban J connectivity index is 2.58. The van der Waals surface area contributed by atoms with Gasteiger partial charge in [0.2, 0.25) is 0 Å². The van der Waals surface area contributed by atoms with Crippen molar-refractivity contribution in [3.05, 3.63) is 91.4 Å². The molecule has 0 aromatic heterocycles. The van der Waals surface area contributed by atoms with Crippen molar-refractivity contribution < 1.29 is 23.2 Å². The predicted octanol–water partition coefficient (Wildman–Crippen LogP) is 5.89. The predicted molar refractivity (Wildman–Crippen MR) is 114 cm³/mol. The van der Waals surface area contributed by atoms with Crippen LogP contribution in [0.4, 0.5) is 0 Å². The molecule has 3 rings (SSSR count). The molecule has 3 N–H and O–H groups in total. The van der Waals surface area contributed by atoms with Gasteiger partial charge in [-0.15, -0.1) is 0 Å². The largest absolute Gasteiger partial charge is 0.504 e. The second-order valence-electron chi connectivity index (χ2n) is 6.12. The van der Waals surface area contributed by atoms with E-state index in [1.165, 1.54) is 48.5 Å². The van der Waals surface area contributed by atoms with Gasteiger partial charge in [-0.05, 0) is 47.5 Å². The summed E-state index contributed by atoms with van der Waals surface area (Å²) in [6, 6.07) is 11.8. The van der Waals surface area contributed by atoms with Crippen LogP contribution in [-0.2, 0) is 14.9 Å². The van der Waals surface area contributed by atoms with Gasteiger partial charge in [0.05, 0.1) is 5.02 Å². The maximum absolute atomic E-state index is 12.9. The van der Waals surface area contributed by atoms with Gasteiger partial charge in [-0.2, -0.15) is 8.42 Å². The number of rotatable bonds is 4. The first-order valence-corrected chi connectivity index (χ1v) is 10.8. The van der Waals surface area contributed by atoms with E-state index >= 15 is 0 Å². The van der Waals surface area contributed by atoms with Crippen LogP contribution >= 0.6 is 46.4 Å². The Morgan fingerprint density at radius 2 is 1.28 bits per heavy atom. The van der Waals surface area contributed by atoms with Crippen molar-refractivity contribution in [1.82, 2.24) is 0 Å². The summed E-state index contributed by atoms with van der Waals surface area (Å²) in [6.45, 7) is 0. The van der Waals surface area contributed by atoms with Crippen LogP contribution in [-0.4, -0.2) is 23.2 Å². The van der Waals surface area contributed by atoms with Crippen LogP contribution in [0.15, 0.2) is 54.6 Å². The highest BCUT2D eigenvalue weighted by atomic mass is 35.5. The third kappa shape index (κ3) is 3.77. The molecule has 0 amide bonds. The quantitative estimate of drug-likeness (QED) is 0.239. The summed E-state index contributed by atoms with van der Waals surface area (Å²) >= 11 is 24.4. The minimum atomic E-state index is -5.02. The van der Waals surface area contributed by atoms with E-state index < -0.39 is 31.4 Å². The van der Waals surface area contributed by atoms with Crippen molar-refractivity contribution in [3.63, 3.8) is 0 Å². The van der Waals surface area contributed by atoms with Crippen molar-refractivity contribution >= 4 is 56.5 Å². The molecule has 5 nitrogen and oxygen atoms in total. The molecule has 0 saturated carbocycles. The molecule has 0 heterocycles. The minimum Gasteiger partial charge on any atom is -0.504 e. The van der Waals surface area contributed by atoms with Gasteiger partial charge in [-0.3, -0.25) is 4.55 Å². The standard InChI is InChI=1S/C19H12Cl4O5S/c20-12-3-1-10(2-4-12)19(29(26,27)28,11-7-13(21)9-14(22)8-11)15-5-6-16(24)18(25)17(15)23/h1-9,24-25H,(H,26,27,28). The second-order valence-corrected chi connectivity index (χ2v) is 9.37. The molecule has 1 atom stereocenters. The topological polar surface area (TPSA) is 94.8 Å². The fourth-order valence-electron chi connectivity index (χ4n) is 3.18. The summed E-state index contributed by atoms with van der Waals surface area (Å²) in [5, 5.41) is 19.9. The molecule has 0 spiro atoms. The highest BCUT2D eigenvalue weighted by molar-refractivity contribution is 7.87. The Labute approximate surface area is 186 Å². The first-order chi connectivity index (χ1) is 13.5. The van der Waals surface area contributed by atoms with E-state index in [-0.39, 0.29) is 26.7 Å². The Hall–Kier alpha value is -1.67. The van der Waals surface area contributed by atoms with Gasteiger partial charge >= 0.3 is 0 Å². The van der Waals surface area contributed by atoms with Crippen LogP contribution in [0.2, 0.25) is 20.1 Å². The average molecular weight is 494 g/mol. The van der Waals surface area contributed by atoms with Gasteiger partial charge in [-0.1, -0.05) is 64.6 Å². The summed E-state index contributed by atoms with van der Waals surface area (Å²) in [4.78, 5) is 0. The molecule has 1 unspecified atom stereocenters. The van der Waals surface area contributed by atoms with E-state index in [0.29, 0.717) is 5.02 Å². The minimum absolute atomic E-state index is 0.0354. The summed E-state index contributed by atoms with van der Waals surface area (Å²) in [5.74, 6) is -1.32. The van der Waals surface area contributed by atoms with Gasteiger partial charge in [0.25, 0.3) is 10.1 Å². The molecule has 0 aliphatic heterocycles. The number of phenolic OH excluding ortho intramolecular Hbond substituents is 2. The number of hydrogen-bond donors (Lipinski definition) is 3. The van der Waals surface area contributed by atoms with Gasteiger partial charge in [-0.25, -0.2) is 0 Å². The Bertz CT molecular complexity index is 1180. The lowest BCUT2D eigenvalue weighted by Crippen LogP contribution is -2.38. The molecular formula is C19H12Cl4O5S. The summed E-state index contributed by atoms with van der Waals surface area (Å²) < 4.78 is 34.0. The zero-order chi connectivity index (χ0) is 21.6. The lowest BCUT2D eigenvalue weighted by Gasteiger charge is -2.33. The van der Waals surface area contributed by atoms with Gasteiger partial charge in [0.15, 0.2) is 16.2 Å². The first kappa shape index (κ1) is 22.0. The molecule has 3 aromatic carbocycles. The average Bonchev–Trinajstić information content (AvgIpc) is 2.61. The van der Waals surface area contributed by atoms with Crippen molar-refractivity contribution in [3.8, 4) is 11.5 Å². The molecule has 10 heteroatoms. The smallest absolute Gasteiger partial charge is 0.283 e. The fourth-order valence-corrected chi connectivity index (χ4v) is 5.49. The molecule has 0 saturated heterocycles. The van der Waals surface area contributed by atoms with Crippen LogP contribution in [0.25, 0.3) is 0 Å². The van der Waals surface area contributed by atoms with Crippen LogP contribution < -0.4 is 0 Å². The molecule has 3 aromatic rings. The van der Waals surface area contributed by atoms with E-state index in [1.807, 2.05) is 0 Å². The maximum atomic E-state index is 12.9. The van der Waals surface area contributed by atoms with Crippen molar-refractivity contribution in [1.29, 1.82) is 0 Å². The van der Waals surface area contributed by atoms with Crippen molar-refractivity contribution in [2.45, 2.75) is 4.75 Å². The molecular weight excluding hydrogens is 482 g/mol. The fraction of sp³-hybridized carbons (Fsp3) is 0.0526. The Morgan fingerprint density at radius 3 is 1.79 bits per heavy atom. The van der Waals surface area contributed by atoms with Crippen LogP contribution in [0.5, 0.6) is 11.5 Å². The Morgan fingerprint density at radius 1 is 0.724 bits per heavy atom. The summed E-state index contributed by atoms with van der Waals surface area (Å²) in [5.41, 5.74) is -0.209. The van der Waals surface area contributed by atoms with Crippen molar-refractivity contribution in [2.75, 3.05) is 0 Å². The first-order valence-electron chi connectivity index (χ1n) is 7.89. The molecule has 0 bridgehead atoms. The van der Waals surface area contributed by atoms with Gasteiger partial charge in [0, 0.05) is 20.6 Å². The molecule has 152 valence electrons. The molecule has 0 fully saturated rings. The van der Waals surface area contributed by atoms with Crippen molar-refractivity contribution in [2.24, 2.45) is 0 Å². The van der Waals surface area contributed by atoms with E-state index in [0.717, 1.165) is 6.07 Å². The number of halogens is 4. The van der Waals surface area contributed by atoms with Gasteiger partial charge in [0.1, 0.15) is 0 Å². The molecule has 0 aliphatic carbocycles. The van der Waals surface area contributed by atoms with E-state index in [1.54, 1.807) is 0 Å². The number of hydrogen-bond acceptors (Lipinski definition) is 4. The normalized spacial score (nSPS) is 13.8. The van der Waals surface area contributed by atoms with Gasteiger partial charge < -0.3 is 10.2 Å².